The number of carbonyl (C=O) groups is 1. The summed E-state index contributed by atoms with van der Waals surface area (Å²) in [7, 11) is 0. The molecule has 1 atom stereocenters. The van der Waals surface area contributed by atoms with Crippen LogP contribution in [0.4, 0.5) is 0 Å². The van der Waals surface area contributed by atoms with Crippen LogP contribution in [-0.2, 0) is 11.3 Å². The monoisotopic (exact) mass is 293 g/mol. The Kier molecular flexibility index (Phi) is 6.26. The second-order valence-electron chi connectivity index (χ2n) is 5.69. The van der Waals surface area contributed by atoms with Gasteiger partial charge in [-0.15, -0.1) is 0 Å². The number of hydrogen-bond donors (Lipinski definition) is 2. The number of amides is 1. The van der Waals surface area contributed by atoms with Crippen LogP contribution in [0.1, 0.15) is 38.9 Å². The van der Waals surface area contributed by atoms with E-state index in [0.717, 1.165) is 44.7 Å². The molecule has 2 heterocycles. The first kappa shape index (κ1) is 16.0. The highest BCUT2D eigenvalue weighted by molar-refractivity contribution is 5.81. The van der Waals surface area contributed by atoms with Crippen LogP contribution < -0.4 is 10.6 Å². The zero-order valence-corrected chi connectivity index (χ0v) is 13.1. The van der Waals surface area contributed by atoms with Crippen molar-refractivity contribution in [1.82, 2.24) is 15.5 Å². The standard InChI is InChI=1S/C16H27N3O2/c1-3-10-19(14-6-8-17-9-7-14)13(2)16(20)18-12-15-5-4-11-21-15/h4-5,11,13-14,17H,3,6-10,12H2,1-2H3,(H,18,20). The predicted molar refractivity (Wildman–Crippen MR) is 82.9 cm³/mol. The molecule has 0 aliphatic carbocycles. The normalized spacial score (nSPS) is 17.9. The van der Waals surface area contributed by atoms with Gasteiger partial charge in [0.15, 0.2) is 0 Å². The Morgan fingerprint density at radius 1 is 1.52 bits per heavy atom. The summed E-state index contributed by atoms with van der Waals surface area (Å²) in [5.41, 5.74) is 0. The third-order valence-electron chi connectivity index (χ3n) is 4.15. The molecule has 118 valence electrons. The largest absolute Gasteiger partial charge is 0.467 e. The lowest BCUT2D eigenvalue weighted by Gasteiger charge is -2.37. The Morgan fingerprint density at radius 2 is 2.29 bits per heavy atom. The van der Waals surface area contributed by atoms with Crippen LogP contribution in [0.25, 0.3) is 0 Å². The first-order chi connectivity index (χ1) is 10.2. The molecule has 0 bridgehead atoms. The van der Waals surface area contributed by atoms with Gasteiger partial charge in [-0.3, -0.25) is 9.69 Å². The molecule has 0 aromatic carbocycles. The van der Waals surface area contributed by atoms with Gasteiger partial charge >= 0.3 is 0 Å². The van der Waals surface area contributed by atoms with E-state index in [-0.39, 0.29) is 11.9 Å². The fourth-order valence-corrected chi connectivity index (χ4v) is 2.97. The maximum absolute atomic E-state index is 12.4. The fraction of sp³-hybridized carbons (Fsp3) is 0.688. The number of nitrogens with zero attached hydrogens (tertiary/aromatic N) is 1. The zero-order chi connectivity index (χ0) is 15.1. The minimum atomic E-state index is -0.0944. The average molecular weight is 293 g/mol. The molecule has 1 aliphatic rings. The zero-order valence-electron chi connectivity index (χ0n) is 13.1. The molecule has 0 radical (unpaired) electrons. The molecule has 21 heavy (non-hydrogen) atoms. The maximum atomic E-state index is 12.4. The third-order valence-corrected chi connectivity index (χ3v) is 4.15. The summed E-state index contributed by atoms with van der Waals surface area (Å²) in [6.45, 7) is 7.70. The minimum absolute atomic E-state index is 0.0818. The van der Waals surface area contributed by atoms with E-state index < -0.39 is 0 Å². The maximum Gasteiger partial charge on any atom is 0.237 e. The molecule has 0 saturated carbocycles. The fourth-order valence-electron chi connectivity index (χ4n) is 2.97. The molecule has 5 heteroatoms. The lowest BCUT2D eigenvalue weighted by atomic mass is 10.0. The summed E-state index contributed by atoms with van der Waals surface area (Å²) < 4.78 is 5.25. The van der Waals surface area contributed by atoms with Crippen molar-refractivity contribution in [2.75, 3.05) is 19.6 Å². The smallest absolute Gasteiger partial charge is 0.237 e. The Labute approximate surface area is 127 Å². The topological polar surface area (TPSA) is 57.5 Å². The van der Waals surface area contributed by atoms with Crippen LogP contribution in [0, 0.1) is 0 Å². The lowest BCUT2D eigenvalue weighted by Crippen LogP contribution is -2.52. The van der Waals surface area contributed by atoms with Gasteiger partial charge < -0.3 is 15.1 Å². The van der Waals surface area contributed by atoms with Crippen molar-refractivity contribution in [3.8, 4) is 0 Å². The number of hydrogen-bond acceptors (Lipinski definition) is 4. The summed E-state index contributed by atoms with van der Waals surface area (Å²) in [5.74, 6) is 0.873. The molecule has 1 saturated heterocycles. The van der Waals surface area contributed by atoms with Crippen LogP contribution in [0.3, 0.4) is 0 Å². The third kappa shape index (κ3) is 4.58. The van der Waals surface area contributed by atoms with Crippen molar-refractivity contribution in [2.24, 2.45) is 0 Å². The van der Waals surface area contributed by atoms with Gasteiger partial charge in [0.25, 0.3) is 0 Å². The summed E-state index contributed by atoms with van der Waals surface area (Å²) in [6, 6.07) is 4.13. The number of furan rings is 1. The molecular formula is C16H27N3O2. The molecule has 1 unspecified atom stereocenters. The van der Waals surface area contributed by atoms with Crippen LogP contribution in [0.15, 0.2) is 22.8 Å². The highest BCUT2D eigenvalue weighted by Crippen LogP contribution is 2.16. The molecule has 2 N–H and O–H groups in total. The van der Waals surface area contributed by atoms with E-state index in [0.29, 0.717) is 12.6 Å². The van der Waals surface area contributed by atoms with Gasteiger partial charge in [-0.1, -0.05) is 6.92 Å². The Hall–Kier alpha value is -1.33. The minimum Gasteiger partial charge on any atom is -0.467 e. The molecule has 1 aromatic heterocycles. The van der Waals surface area contributed by atoms with Crippen molar-refractivity contribution in [3.63, 3.8) is 0 Å². The van der Waals surface area contributed by atoms with Crippen LogP contribution >= 0.6 is 0 Å². The van der Waals surface area contributed by atoms with E-state index in [1.54, 1.807) is 6.26 Å². The van der Waals surface area contributed by atoms with Gasteiger partial charge in [-0.05, 0) is 58.0 Å². The van der Waals surface area contributed by atoms with E-state index in [1.807, 2.05) is 19.1 Å². The van der Waals surface area contributed by atoms with Gasteiger partial charge in [-0.2, -0.15) is 0 Å². The lowest BCUT2D eigenvalue weighted by molar-refractivity contribution is -0.127. The van der Waals surface area contributed by atoms with Crippen molar-refractivity contribution < 1.29 is 9.21 Å². The average Bonchev–Trinajstić information content (AvgIpc) is 3.04. The van der Waals surface area contributed by atoms with Gasteiger partial charge in [0.1, 0.15) is 5.76 Å². The van der Waals surface area contributed by atoms with Gasteiger partial charge in [-0.25, -0.2) is 0 Å². The molecular weight excluding hydrogens is 266 g/mol. The molecule has 2 rings (SSSR count). The first-order valence-electron chi connectivity index (χ1n) is 7.99. The molecule has 1 amide bonds. The SMILES string of the molecule is CCCN(C1CCNCC1)C(C)C(=O)NCc1ccco1. The van der Waals surface area contributed by atoms with E-state index in [4.69, 9.17) is 4.42 Å². The Morgan fingerprint density at radius 3 is 2.90 bits per heavy atom. The van der Waals surface area contributed by atoms with Crippen molar-refractivity contribution in [3.05, 3.63) is 24.2 Å². The molecule has 1 fully saturated rings. The molecule has 0 spiro atoms. The number of carbonyl (C=O) groups excluding carboxylic acids is 1. The number of rotatable bonds is 7. The van der Waals surface area contributed by atoms with Crippen LogP contribution in [0.5, 0.6) is 0 Å². The highest BCUT2D eigenvalue weighted by Gasteiger charge is 2.28. The van der Waals surface area contributed by atoms with E-state index in [2.05, 4.69) is 22.5 Å². The molecule has 5 nitrogen and oxygen atoms in total. The van der Waals surface area contributed by atoms with E-state index in [9.17, 15) is 4.79 Å². The summed E-state index contributed by atoms with van der Waals surface area (Å²) in [4.78, 5) is 14.7. The van der Waals surface area contributed by atoms with Crippen LogP contribution in [-0.4, -0.2) is 42.5 Å². The molecule has 1 aromatic rings. The number of nitrogens with one attached hydrogen (secondary N) is 2. The second-order valence-corrected chi connectivity index (χ2v) is 5.69. The van der Waals surface area contributed by atoms with Gasteiger partial charge in [0.2, 0.25) is 5.91 Å². The Bertz CT molecular complexity index is 413. The second kappa shape index (κ2) is 8.20. The van der Waals surface area contributed by atoms with E-state index in [1.165, 1.54) is 0 Å². The van der Waals surface area contributed by atoms with Crippen LogP contribution in [0.2, 0.25) is 0 Å². The summed E-state index contributed by atoms with van der Waals surface area (Å²) >= 11 is 0. The predicted octanol–water partition coefficient (Wildman–Crippen LogP) is 1.75. The summed E-state index contributed by atoms with van der Waals surface area (Å²) in [6.07, 6.45) is 4.94. The summed E-state index contributed by atoms with van der Waals surface area (Å²) in [5, 5.41) is 6.36. The quantitative estimate of drug-likeness (QED) is 0.804. The van der Waals surface area contributed by atoms with Gasteiger partial charge in [0.05, 0.1) is 18.8 Å². The first-order valence-corrected chi connectivity index (χ1v) is 7.99. The molecule has 1 aliphatic heterocycles. The van der Waals surface area contributed by atoms with Crippen molar-refractivity contribution in [2.45, 2.75) is 51.7 Å². The number of piperidine rings is 1. The Balaban J connectivity index is 1.89. The highest BCUT2D eigenvalue weighted by atomic mass is 16.3. The van der Waals surface area contributed by atoms with Gasteiger partial charge in [0, 0.05) is 6.04 Å². The van der Waals surface area contributed by atoms with E-state index >= 15 is 0 Å². The van der Waals surface area contributed by atoms with Crippen molar-refractivity contribution in [1.29, 1.82) is 0 Å². The van der Waals surface area contributed by atoms with Crippen molar-refractivity contribution >= 4 is 5.91 Å².